The Hall–Kier alpha value is -3.08. The third-order valence-electron chi connectivity index (χ3n) is 4.64. The number of rotatable bonds is 10. The van der Waals surface area contributed by atoms with Crippen molar-refractivity contribution >= 4 is 0 Å². The lowest BCUT2D eigenvalue weighted by atomic mass is 10.1. The molecule has 3 aromatic rings. The number of hydrogen-bond donors (Lipinski definition) is 1. The van der Waals surface area contributed by atoms with Gasteiger partial charge in [-0.25, -0.2) is 4.79 Å². The Kier molecular flexibility index (Phi) is 7.24. The summed E-state index contributed by atoms with van der Waals surface area (Å²) < 4.78 is 7.23. The molecular weight excluding hydrogens is 352 g/mol. The smallest absolute Gasteiger partial charge is 0.328 e. The number of hydrogen-bond acceptors (Lipinski definition) is 3. The summed E-state index contributed by atoms with van der Waals surface area (Å²) in [4.78, 5) is 26.6. The molecule has 5 nitrogen and oxygen atoms in total. The monoisotopic (exact) mass is 378 g/mol. The van der Waals surface area contributed by atoms with E-state index in [2.05, 4.69) is 17.1 Å². The molecule has 0 spiro atoms. The molecule has 0 amide bonds. The molecule has 5 heteroatoms. The molecule has 1 N–H and O–H groups in total. The number of aryl methyl sites for hydroxylation is 3. The first-order valence-electron chi connectivity index (χ1n) is 9.77. The van der Waals surface area contributed by atoms with Gasteiger partial charge in [-0.3, -0.25) is 9.78 Å². The van der Waals surface area contributed by atoms with Gasteiger partial charge in [-0.05, 0) is 49.8 Å². The van der Waals surface area contributed by atoms with E-state index in [-0.39, 0.29) is 11.2 Å². The molecule has 0 saturated carbocycles. The van der Waals surface area contributed by atoms with Crippen molar-refractivity contribution in [1.29, 1.82) is 0 Å². The molecule has 0 radical (unpaired) electrons. The zero-order valence-corrected chi connectivity index (χ0v) is 16.0. The van der Waals surface area contributed by atoms with E-state index in [1.54, 1.807) is 10.8 Å². The van der Waals surface area contributed by atoms with Crippen molar-refractivity contribution in [3.8, 4) is 5.75 Å². The number of nitrogens with one attached hydrogen (secondary N) is 1. The lowest BCUT2D eigenvalue weighted by molar-refractivity contribution is 0.300. The van der Waals surface area contributed by atoms with E-state index in [4.69, 9.17) is 4.74 Å². The number of benzene rings is 2. The molecule has 0 aliphatic heterocycles. The zero-order chi connectivity index (χ0) is 19.6. The average Bonchev–Trinajstić information content (AvgIpc) is 2.72. The molecule has 3 rings (SSSR count). The Morgan fingerprint density at radius 1 is 0.821 bits per heavy atom. The van der Waals surface area contributed by atoms with E-state index in [1.165, 1.54) is 5.56 Å². The highest BCUT2D eigenvalue weighted by atomic mass is 16.5. The fourth-order valence-corrected chi connectivity index (χ4v) is 3.13. The molecule has 1 heterocycles. The third kappa shape index (κ3) is 5.98. The zero-order valence-electron chi connectivity index (χ0n) is 16.0. The summed E-state index contributed by atoms with van der Waals surface area (Å²) in [7, 11) is 0. The molecule has 0 aliphatic rings. The van der Waals surface area contributed by atoms with Crippen molar-refractivity contribution in [1.82, 2.24) is 9.55 Å². The minimum absolute atomic E-state index is 0.276. The van der Waals surface area contributed by atoms with E-state index in [0.29, 0.717) is 31.6 Å². The number of aromatic amines is 1. The third-order valence-corrected chi connectivity index (χ3v) is 4.64. The second kappa shape index (κ2) is 10.3. The summed E-state index contributed by atoms with van der Waals surface area (Å²) in [6.07, 6.45) is 5.97. The predicted molar refractivity (Wildman–Crippen MR) is 111 cm³/mol. The first-order chi connectivity index (χ1) is 13.7. The second-order valence-corrected chi connectivity index (χ2v) is 6.81. The number of ether oxygens (including phenoxy) is 1. The molecule has 0 fully saturated rings. The van der Waals surface area contributed by atoms with Crippen LogP contribution in [0.4, 0.5) is 0 Å². The summed E-state index contributed by atoms with van der Waals surface area (Å²) in [6, 6.07) is 19.9. The van der Waals surface area contributed by atoms with Crippen LogP contribution in [0.2, 0.25) is 0 Å². The minimum atomic E-state index is -0.363. The van der Waals surface area contributed by atoms with Crippen LogP contribution in [0.5, 0.6) is 5.75 Å². The molecule has 0 unspecified atom stereocenters. The van der Waals surface area contributed by atoms with Gasteiger partial charge in [-0.15, -0.1) is 0 Å². The molecule has 0 saturated heterocycles. The van der Waals surface area contributed by atoms with Crippen LogP contribution in [0.1, 0.15) is 30.4 Å². The number of H-pyrrole nitrogens is 1. The normalized spacial score (nSPS) is 10.7. The fourth-order valence-electron chi connectivity index (χ4n) is 3.13. The summed E-state index contributed by atoms with van der Waals surface area (Å²) in [6.45, 7) is 1.03. The number of unbranched alkanes of at least 4 members (excludes halogenated alkanes) is 1. The topological polar surface area (TPSA) is 64.1 Å². The van der Waals surface area contributed by atoms with Crippen molar-refractivity contribution in [3.05, 3.63) is 98.8 Å². The van der Waals surface area contributed by atoms with Gasteiger partial charge in [0.25, 0.3) is 5.56 Å². The van der Waals surface area contributed by atoms with Crippen molar-refractivity contribution in [2.24, 2.45) is 0 Å². The van der Waals surface area contributed by atoms with E-state index in [9.17, 15) is 9.59 Å². The van der Waals surface area contributed by atoms with Crippen LogP contribution in [0.3, 0.4) is 0 Å². The largest absolute Gasteiger partial charge is 0.494 e. The van der Waals surface area contributed by atoms with Gasteiger partial charge in [-0.2, -0.15) is 0 Å². The molecule has 1 aromatic heterocycles. The highest BCUT2D eigenvalue weighted by Gasteiger charge is 2.05. The summed E-state index contributed by atoms with van der Waals surface area (Å²) in [5.74, 6) is 0.815. The first-order valence-corrected chi connectivity index (χ1v) is 9.77. The van der Waals surface area contributed by atoms with Crippen LogP contribution in [-0.4, -0.2) is 16.2 Å². The minimum Gasteiger partial charge on any atom is -0.494 e. The van der Waals surface area contributed by atoms with Crippen LogP contribution in [0, 0.1) is 0 Å². The van der Waals surface area contributed by atoms with Crippen LogP contribution in [0.15, 0.2) is 76.4 Å². The molecule has 0 atom stereocenters. The van der Waals surface area contributed by atoms with E-state index < -0.39 is 0 Å². The standard InChI is InChI=1S/C23H26N2O3/c26-22-20(13-8-7-12-19-10-3-1-4-11-19)18-25(23(27)24-22)16-9-17-28-21-14-5-2-6-15-21/h1-6,10-11,14-15,18H,7-9,12-13,16-17H2,(H,24,26,27). The molecule has 0 aliphatic carbocycles. The van der Waals surface area contributed by atoms with E-state index >= 15 is 0 Å². The van der Waals surface area contributed by atoms with Crippen LogP contribution < -0.4 is 16.0 Å². The molecule has 28 heavy (non-hydrogen) atoms. The lowest BCUT2D eigenvalue weighted by Gasteiger charge is -2.09. The molecule has 146 valence electrons. The van der Waals surface area contributed by atoms with Gasteiger partial charge < -0.3 is 9.30 Å². The molecular formula is C23H26N2O3. The van der Waals surface area contributed by atoms with Crippen molar-refractivity contribution in [2.45, 2.75) is 38.6 Å². The Morgan fingerprint density at radius 2 is 1.50 bits per heavy atom. The van der Waals surface area contributed by atoms with Gasteiger partial charge in [0.05, 0.1) is 6.61 Å². The van der Waals surface area contributed by atoms with Gasteiger partial charge in [0.15, 0.2) is 0 Å². The Labute approximate surface area is 164 Å². The maximum atomic E-state index is 12.1. The van der Waals surface area contributed by atoms with Gasteiger partial charge >= 0.3 is 5.69 Å². The van der Waals surface area contributed by atoms with Gasteiger partial charge in [0.2, 0.25) is 0 Å². The van der Waals surface area contributed by atoms with Crippen LogP contribution in [-0.2, 0) is 19.4 Å². The predicted octanol–water partition coefficient (Wildman–Crippen LogP) is 3.57. The fraction of sp³-hybridized carbons (Fsp3) is 0.304. The number of nitrogens with zero attached hydrogens (tertiary/aromatic N) is 1. The lowest BCUT2D eigenvalue weighted by Crippen LogP contribution is -2.32. The average molecular weight is 378 g/mol. The van der Waals surface area contributed by atoms with Crippen LogP contribution >= 0.6 is 0 Å². The van der Waals surface area contributed by atoms with Gasteiger partial charge in [-0.1, -0.05) is 48.5 Å². The van der Waals surface area contributed by atoms with Crippen molar-refractivity contribution in [3.63, 3.8) is 0 Å². The maximum Gasteiger partial charge on any atom is 0.328 e. The molecule has 0 bridgehead atoms. The maximum absolute atomic E-state index is 12.1. The Morgan fingerprint density at radius 3 is 2.25 bits per heavy atom. The summed E-state index contributed by atoms with van der Waals surface area (Å²) >= 11 is 0. The van der Waals surface area contributed by atoms with Gasteiger partial charge in [0.1, 0.15) is 5.75 Å². The summed E-state index contributed by atoms with van der Waals surface area (Å²) in [5.41, 5.74) is 1.33. The Bertz CT molecular complexity index is 886. The van der Waals surface area contributed by atoms with E-state index in [1.807, 2.05) is 48.5 Å². The highest BCUT2D eigenvalue weighted by molar-refractivity contribution is 5.20. The Balaban J connectivity index is 1.48. The quantitative estimate of drug-likeness (QED) is 0.549. The van der Waals surface area contributed by atoms with Crippen LogP contribution in [0.25, 0.3) is 0 Å². The number of aromatic nitrogens is 2. The first kappa shape index (κ1) is 19.7. The van der Waals surface area contributed by atoms with E-state index in [0.717, 1.165) is 25.0 Å². The SMILES string of the molecule is O=c1[nH]c(=O)n(CCCOc2ccccc2)cc1CCCCc1ccccc1. The molecule has 2 aromatic carbocycles. The van der Waals surface area contributed by atoms with Crippen molar-refractivity contribution < 1.29 is 4.74 Å². The second-order valence-electron chi connectivity index (χ2n) is 6.81. The number of para-hydroxylation sites is 1. The highest BCUT2D eigenvalue weighted by Crippen LogP contribution is 2.09. The van der Waals surface area contributed by atoms with Crippen molar-refractivity contribution in [2.75, 3.05) is 6.61 Å². The summed E-state index contributed by atoms with van der Waals surface area (Å²) in [5, 5.41) is 0. The van der Waals surface area contributed by atoms with Gasteiger partial charge in [0, 0.05) is 18.3 Å².